The van der Waals surface area contributed by atoms with E-state index < -0.39 is 5.91 Å². The third kappa shape index (κ3) is 2.01. The van der Waals surface area contributed by atoms with E-state index in [1.807, 2.05) is 60.0 Å². The number of nitrogens with one attached hydrogen (secondary N) is 2. The summed E-state index contributed by atoms with van der Waals surface area (Å²) in [6.07, 6.45) is 0. The first-order chi connectivity index (χ1) is 11.7. The monoisotopic (exact) mass is 318 g/mol. The average molecular weight is 318 g/mol. The number of hydrogen-bond donors (Lipinski definition) is 4. The van der Waals surface area contributed by atoms with Gasteiger partial charge in [-0.15, -0.1) is 0 Å². The van der Waals surface area contributed by atoms with Crippen LogP contribution in [0.1, 0.15) is 10.5 Å². The fourth-order valence-corrected chi connectivity index (χ4v) is 2.94. The smallest absolute Gasteiger partial charge is 0.287 e. The number of hydrogen-bond acceptors (Lipinski definition) is 4. The van der Waals surface area contributed by atoms with Gasteiger partial charge in [-0.1, -0.05) is 48.5 Å². The molecule has 0 saturated heterocycles. The second kappa shape index (κ2) is 5.36. The largest absolute Gasteiger partial charge is 0.505 e. The van der Waals surface area contributed by atoms with Crippen LogP contribution in [-0.2, 0) is 0 Å². The number of nitrogens with zero attached hydrogens (tertiary/aromatic N) is 1. The summed E-state index contributed by atoms with van der Waals surface area (Å²) in [6.45, 7) is 0. The molecule has 0 atom stereocenters. The van der Waals surface area contributed by atoms with E-state index in [0.717, 1.165) is 16.5 Å². The van der Waals surface area contributed by atoms with Crippen molar-refractivity contribution in [3.63, 3.8) is 0 Å². The molecule has 4 aromatic rings. The highest BCUT2D eigenvalue weighted by molar-refractivity contribution is 6.16. The maximum Gasteiger partial charge on any atom is 0.287 e. The van der Waals surface area contributed by atoms with Gasteiger partial charge in [0, 0.05) is 16.5 Å². The number of fused-ring (bicyclic) bond motifs is 3. The van der Waals surface area contributed by atoms with Crippen molar-refractivity contribution in [1.29, 1.82) is 0 Å². The van der Waals surface area contributed by atoms with Crippen molar-refractivity contribution in [2.24, 2.45) is 5.84 Å². The van der Waals surface area contributed by atoms with Gasteiger partial charge in [0.25, 0.3) is 5.91 Å². The number of rotatable bonds is 2. The van der Waals surface area contributed by atoms with Crippen LogP contribution in [0, 0.1) is 0 Å². The number of nitrogen functional groups attached to an aromatic ring is 1. The molecule has 6 nitrogen and oxygen atoms in total. The van der Waals surface area contributed by atoms with E-state index >= 15 is 0 Å². The summed E-state index contributed by atoms with van der Waals surface area (Å²) < 4.78 is 0. The Hall–Kier alpha value is -3.38. The van der Waals surface area contributed by atoms with Crippen LogP contribution in [0.5, 0.6) is 5.75 Å². The van der Waals surface area contributed by atoms with Crippen LogP contribution >= 0.6 is 0 Å². The SMILES string of the molecule is NNC(=O)c1nc(-c2ccccc2)c2[nH]c3ccccc3c2c1O. The summed E-state index contributed by atoms with van der Waals surface area (Å²) in [7, 11) is 0. The van der Waals surface area contributed by atoms with Gasteiger partial charge in [-0.05, 0) is 6.07 Å². The van der Waals surface area contributed by atoms with Crippen molar-refractivity contribution in [3.8, 4) is 17.0 Å². The van der Waals surface area contributed by atoms with Crippen LogP contribution in [0.2, 0.25) is 0 Å². The highest BCUT2D eigenvalue weighted by Crippen LogP contribution is 2.38. The minimum absolute atomic E-state index is 0.103. The van der Waals surface area contributed by atoms with E-state index in [0.29, 0.717) is 16.6 Å². The van der Waals surface area contributed by atoms with Crippen molar-refractivity contribution in [2.75, 3.05) is 0 Å². The summed E-state index contributed by atoms with van der Waals surface area (Å²) in [5, 5.41) is 12.0. The number of pyridine rings is 1. The Morgan fingerprint density at radius 2 is 1.79 bits per heavy atom. The number of amides is 1. The number of carbonyl (C=O) groups is 1. The molecule has 0 spiro atoms. The molecule has 24 heavy (non-hydrogen) atoms. The summed E-state index contributed by atoms with van der Waals surface area (Å²) in [5.74, 6) is 4.40. The van der Waals surface area contributed by atoms with E-state index in [-0.39, 0.29) is 11.4 Å². The Morgan fingerprint density at radius 3 is 2.54 bits per heavy atom. The Morgan fingerprint density at radius 1 is 1.08 bits per heavy atom. The predicted molar refractivity (Wildman–Crippen MR) is 92.4 cm³/mol. The molecule has 2 aromatic carbocycles. The number of aromatic nitrogens is 2. The number of aromatic amines is 1. The van der Waals surface area contributed by atoms with E-state index in [4.69, 9.17) is 5.84 Å². The van der Waals surface area contributed by atoms with Gasteiger partial charge in [-0.2, -0.15) is 0 Å². The molecule has 2 aromatic heterocycles. The van der Waals surface area contributed by atoms with Gasteiger partial charge >= 0.3 is 0 Å². The lowest BCUT2D eigenvalue weighted by atomic mass is 10.1. The van der Waals surface area contributed by atoms with Gasteiger partial charge in [0.15, 0.2) is 11.4 Å². The number of H-pyrrole nitrogens is 1. The van der Waals surface area contributed by atoms with Crippen LogP contribution in [0.25, 0.3) is 33.1 Å². The maximum atomic E-state index is 12.1. The van der Waals surface area contributed by atoms with Gasteiger partial charge < -0.3 is 10.1 Å². The molecule has 1 amide bonds. The van der Waals surface area contributed by atoms with Gasteiger partial charge in [-0.25, -0.2) is 10.8 Å². The first kappa shape index (κ1) is 14.2. The van der Waals surface area contributed by atoms with Crippen molar-refractivity contribution < 1.29 is 9.90 Å². The fourth-order valence-electron chi connectivity index (χ4n) is 2.94. The number of para-hydroxylation sites is 1. The summed E-state index contributed by atoms with van der Waals surface area (Å²) in [6, 6.07) is 17.0. The highest BCUT2D eigenvalue weighted by atomic mass is 16.3. The van der Waals surface area contributed by atoms with Gasteiger partial charge in [-0.3, -0.25) is 10.2 Å². The van der Waals surface area contributed by atoms with Crippen LogP contribution in [0.4, 0.5) is 0 Å². The van der Waals surface area contributed by atoms with E-state index in [9.17, 15) is 9.90 Å². The minimum Gasteiger partial charge on any atom is -0.505 e. The topological polar surface area (TPSA) is 104 Å². The standard InChI is InChI=1S/C18H14N4O2/c19-22-18(24)16-17(23)13-11-8-4-5-9-12(11)20-15(13)14(21-16)10-6-2-1-3-7-10/h1-9,20,23H,19H2,(H,22,24). The summed E-state index contributed by atoms with van der Waals surface area (Å²) >= 11 is 0. The van der Waals surface area contributed by atoms with E-state index in [1.54, 1.807) is 0 Å². The molecule has 0 fully saturated rings. The molecule has 5 N–H and O–H groups in total. The molecule has 2 heterocycles. The number of hydrazine groups is 1. The zero-order valence-corrected chi connectivity index (χ0v) is 12.6. The maximum absolute atomic E-state index is 12.1. The third-order valence-electron chi connectivity index (χ3n) is 4.02. The lowest BCUT2D eigenvalue weighted by Gasteiger charge is -2.09. The fraction of sp³-hybridized carbons (Fsp3) is 0. The van der Waals surface area contributed by atoms with Crippen molar-refractivity contribution in [1.82, 2.24) is 15.4 Å². The number of carbonyl (C=O) groups excluding carboxylic acids is 1. The van der Waals surface area contributed by atoms with Crippen LogP contribution in [-0.4, -0.2) is 21.0 Å². The second-order valence-corrected chi connectivity index (χ2v) is 5.42. The van der Waals surface area contributed by atoms with Gasteiger partial charge in [0.2, 0.25) is 0 Å². The molecular weight excluding hydrogens is 304 g/mol. The molecule has 0 bridgehead atoms. The quantitative estimate of drug-likeness (QED) is 0.259. The molecule has 0 saturated carbocycles. The minimum atomic E-state index is -0.642. The van der Waals surface area contributed by atoms with Gasteiger partial charge in [0.1, 0.15) is 0 Å². The molecule has 0 aliphatic carbocycles. The van der Waals surface area contributed by atoms with Crippen LogP contribution in [0.15, 0.2) is 54.6 Å². The zero-order chi connectivity index (χ0) is 16.7. The highest BCUT2D eigenvalue weighted by Gasteiger charge is 2.22. The van der Waals surface area contributed by atoms with E-state index in [1.165, 1.54) is 0 Å². The molecule has 0 radical (unpaired) electrons. The number of benzene rings is 2. The van der Waals surface area contributed by atoms with Gasteiger partial charge in [0.05, 0.1) is 16.6 Å². The number of aromatic hydroxyl groups is 1. The first-order valence-corrected chi connectivity index (χ1v) is 7.40. The Labute approximate surface area is 136 Å². The van der Waals surface area contributed by atoms with Crippen molar-refractivity contribution in [2.45, 2.75) is 0 Å². The Bertz CT molecular complexity index is 1070. The van der Waals surface area contributed by atoms with E-state index in [2.05, 4.69) is 9.97 Å². The molecular formula is C18H14N4O2. The number of nitrogens with two attached hydrogens (primary N) is 1. The second-order valence-electron chi connectivity index (χ2n) is 5.42. The van der Waals surface area contributed by atoms with Crippen LogP contribution in [0.3, 0.4) is 0 Å². The van der Waals surface area contributed by atoms with Crippen LogP contribution < -0.4 is 11.3 Å². The average Bonchev–Trinajstić information content (AvgIpc) is 3.02. The molecule has 118 valence electrons. The molecule has 6 heteroatoms. The zero-order valence-electron chi connectivity index (χ0n) is 12.6. The third-order valence-corrected chi connectivity index (χ3v) is 4.02. The lowest BCUT2D eigenvalue weighted by molar-refractivity contribution is 0.0946. The summed E-state index contributed by atoms with van der Waals surface area (Å²) in [4.78, 5) is 19.7. The normalized spacial score (nSPS) is 11.0. The molecule has 0 unspecified atom stereocenters. The first-order valence-electron chi connectivity index (χ1n) is 7.40. The van der Waals surface area contributed by atoms with Crippen molar-refractivity contribution >= 4 is 27.7 Å². The molecule has 0 aliphatic rings. The molecule has 0 aliphatic heterocycles. The Balaban J connectivity index is 2.18. The summed E-state index contributed by atoms with van der Waals surface area (Å²) in [5.41, 5.74) is 4.87. The predicted octanol–water partition coefficient (Wildman–Crippen LogP) is 2.69. The Kier molecular flexibility index (Phi) is 3.18. The van der Waals surface area contributed by atoms with Crippen molar-refractivity contribution in [3.05, 3.63) is 60.3 Å². The molecule has 4 rings (SSSR count). The lowest BCUT2D eigenvalue weighted by Crippen LogP contribution is -2.30.